The summed E-state index contributed by atoms with van der Waals surface area (Å²) < 4.78 is 5.55. The molecular weight excluding hydrogens is 354 g/mol. The van der Waals surface area contributed by atoms with E-state index in [4.69, 9.17) is 16.3 Å². The summed E-state index contributed by atoms with van der Waals surface area (Å²) in [5.41, 5.74) is 3.90. The van der Waals surface area contributed by atoms with Crippen molar-refractivity contribution in [1.82, 2.24) is 4.90 Å². The predicted octanol–water partition coefficient (Wildman–Crippen LogP) is 6.51. The molecule has 0 bridgehead atoms. The van der Waals surface area contributed by atoms with Gasteiger partial charge in [0.25, 0.3) is 0 Å². The third kappa shape index (κ3) is 5.49. The van der Waals surface area contributed by atoms with Crippen LogP contribution in [-0.2, 0) is 6.42 Å². The monoisotopic (exact) mass is 385 g/mol. The maximum Gasteiger partial charge on any atom is 0.119 e. The third-order valence-corrected chi connectivity index (χ3v) is 5.67. The van der Waals surface area contributed by atoms with Gasteiger partial charge < -0.3 is 4.74 Å². The van der Waals surface area contributed by atoms with Gasteiger partial charge in [-0.15, -0.1) is 0 Å². The van der Waals surface area contributed by atoms with Gasteiger partial charge in [-0.05, 0) is 73.5 Å². The van der Waals surface area contributed by atoms with Crippen molar-refractivity contribution < 1.29 is 4.74 Å². The van der Waals surface area contributed by atoms with Crippen molar-refractivity contribution in [1.29, 1.82) is 0 Å². The zero-order valence-corrected chi connectivity index (χ0v) is 17.6. The first-order valence-corrected chi connectivity index (χ1v) is 10.7. The maximum atomic E-state index is 6.55. The van der Waals surface area contributed by atoms with E-state index >= 15 is 0 Å². The molecule has 1 heterocycles. The molecule has 2 nitrogen and oxygen atoms in total. The number of ether oxygens (including phenoxy) is 1. The van der Waals surface area contributed by atoms with Crippen molar-refractivity contribution in [2.75, 3.05) is 19.7 Å². The molecule has 1 aliphatic rings. The highest BCUT2D eigenvalue weighted by Gasteiger charge is 2.24. The summed E-state index contributed by atoms with van der Waals surface area (Å²) in [7, 11) is 0. The first-order valence-electron chi connectivity index (χ1n) is 10.3. The summed E-state index contributed by atoms with van der Waals surface area (Å²) in [5.74, 6) is 1.62. The number of hydrogen-bond donors (Lipinski definition) is 0. The second kappa shape index (κ2) is 9.61. The molecule has 2 aromatic rings. The lowest BCUT2D eigenvalue weighted by atomic mass is 9.92. The van der Waals surface area contributed by atoms with Gasteiger partial charge >= 0.3 is 0 Å². The van der Waals surface area contributed by atoms with E-state index in [1.54, 1.807) is 0 Å². The van der Waals surface area contributed by atoms with E-state index in [0.29, 0.717) is 18.6 Å². The van der Waals surface area contributed by atoms with E-state index in [0.717, 1.165) is 17.2 Å². The van der Waals surface area contributed by atoms with Gasteiger partial charge in [-0.1, -0.05) is 56.1 Å². The minimum absolute atomic E-state index is 0.525. The fourth-order valence-corrected chi connectivity index (χ4v) is 4.27. The van der Waals surface area contributed by atoms with Crippen LogP contribution in [0.4, 0.5) is 0 Å². The minimum atomic E-state index is 0.525. The Bertz CT molecular complexity index is 726. The molecule has 3 heteroatoms. The van der Waals surface area contributed by atoms with Gasteiger partial charge in [-0.2, -0.15) is 0 Å². The standard InChI is InChI=1S/C24H32ClNO/c1-4-27-22-11-8-19(9-12-22)15-21-16-20(10-13-23(21)25)24-7-5-6-14-26(24)17-18(2)3/h8-13,16,18,24H,4-7,14-15,17H2,1-3H3. The van der Waals surface area contributed by atoms with Crippen LogP contribution in [0.5, 0.6) is 5.75 Å². The van der Waals surface area contributed by atoms with E-state index < -0.39 is 0 Å². The molecule has 1 atom stereocenters. The third-order valence-electron chi connectivity index (χ3n) is 5.30. The molecular formula is C24H32ClNO. The Balaban J connectivity index is 1.78. The predicted molar refractivity (Wildman–Crippen MR) is 115 cm³/mol. The number of rotatable bonds is 7. The number of hydrogen-bond acceptors (Lipinski definition) is 2. The summed E-state index contributed by atoms with van der Waals surface area (Å²) >= 11 is 6.55. The van der Waals surface area contributed by atoms with Gasteiger partial charge in [0.05, 0.1) is 6.61 Å². The van der Waals surface area contributed by atoms with Crippen LogP contribution >= 0.6 is 11.6 Å². The Morgan fingerprint density at radius 3 is 2.59 bits per heavy atom. The highest BCUT2D eigenvalue weighted by atomic mass is 35.5. The summed E-state index contributed by atoms with van der Waals surface area (Å²) in [5, 5.41) is 0.860. The van der Waals surface area contributed by atoms with E-state index in [9.17, 15) is 0 Å². The van der Waals surface area contributed by atoms with E-state index in [-0.39, 0.29) is 0 Å². The van der Waals surface area contributed by atoms with Gasteiger partial charge in [-0.25, -0.2) is 0 Å². The van der Waals surface area contributed by atoms with Crippen molar-refractivity contribution in [3.63, 3.8) is 0 Å². The lowest BCUT2D eigenvalue weighted by Crippen LogP contribution is -2.36. The lowest BCUT2D eigenvalue weighted by molar-refractivity contribution is 0.132. The van der Waals surface area contributed by atoms with E-state index in [2.05, 4.69) is 49.1 Å². The van der Waals surface area contributed by atoms with E-state index in [1.807, 2.05) is 19.1 Å². The number of piperidine rings is 1. The molecule has 1 saturated heterocycles. The van der Waals surface area contributed by atoms with Crippen LogP contribution in [-0.4, -0.2) is 24.6 Å². The number of nitrogens with zero attached hydrogens (tertiary/aromatic N) is 1. The Hall–Kier alpha value is -1.51. The Morgan fingerprint density at radius 2 is 1.89 bits per heavy atom. The molecule has 1 unspecified atom stereocenters. The largest absolute Gasteiger partial charge is 0.494 e. The highest BCUT2D eigenvalue weighted by molar-refractivity contribution is 6.31. The smallest absolute Gasteiger partial charge is 0.119 e. The lowest BCUT2D eigenvalue weighted by Gasteiger charge is -2.37. The van der Waals surface area contributed by atoms with Crippen molar-refractivity contribution in [3.8, 4) is 5.75 Å². The summed E-state index contributed by atoms with van der Waals surface area (Å²) in [6.45, 7) is 9.70. The van der Waals surface area contributed by atoms with Crippen LogP contribution in [0.3, 0.4) is 0 Å². The van der Waals surface area contributed by atoms with E-state index in [1.165, 1.54) is 49.0 Å². The van der Waals surface area contributed by atoms with Crippen LogP contribution in [0, 0.1) is 5.92 Å². The van der Waals surface area contributed by atoms with Gasteiger partial charge in [0.2, 0.25) is 0 Å². The topological polar surface area (TPSA) is 12.5 Å². The molecule has 0 aliphatic carbocycles. The van der Waals surface area contributed by atoms with Crippen LogP contribution in [0.1, 0.15) is 62.8 Å². The number of halogens is 1. The molecule has 0 radical (unpaired) electrons. The van der Waals surface area contributed by atoms with Gasteiger partial charge in [0.1, 0.15) is 5.75 Å². The zero-order valence-electron chi connectivity index (χ0n) is 16.9. The normalized spacial score (nSPS) is 18.0. The molecule has 1 aliphatic heterocycles. The summed E-state index contributed by atoms with van der Waals surface area (Å²) in [6, 6.07) is 15.5. The zero-order chi connectivity index (χ0) is 19.2. The molecule has 0 aromatic heterocycles. The fourth-order valence-electron chi connectivity index (χ4n) is 4.08. The van der Waals surface area contributed by atoms with Crippen molar-refractivity contribution >= 4 is 11.6 Å². The van der Waals surface area contributed by atoms with Crippen molar-refractivity contribution in [3.05, 3.63) is 64.2 Å². The van der Waals surface area contributed by atoms with Crippen LogP contribution in [0.25, 0.3) is 0 Å². The van der Waals surface area contributed by atoms with Gasteiger partial charge in [0, 0.05) is 17.6 Å². The van der Waals surface area contributed by atoms with Crippen LogP contribution in [0.15, 0.2) is 42.5 Å². The molecule has 2 aromatic carbocycles. The SMILES string of the molecule is CCOc1ccc(Cc2cc(C3CCCCN3CC(C)C)ccc2Cl)cc1. The van der Waals surface area contributed by atoms with Gasteiger partial charge in [0.15, 0.2) is 0 Å². The quantitative estimate of drug-likeness (QED) is 0.538. The number of likely N-dealkylation sites (tertiary alicyclic amines) is 1. The molecule has 0 amide bonds. The first kappa shape index (κ1) is 20.2. The molecule has 3 rings (SSSR count). The summed E-state index contributed by atoms with van der Waals surface area (Å²) in [6.07, 6.45) is 4.73. The fraction of sp³-hybridized carbons (Fsp3) is 0.500. The van der Waals surface area contributed by atoms with Crippen LogP contribution in [0.2, 0.25) is 5.02 Å². The average Bonchev–Trinajstić information content (AvgIpc) is 2.65. The Morgan fingerprint density at radius 1 is 1.11 bits per heavy atom. The number of benzene rings is 2. The molecule has 27 heavy (non-hydrogen) atoms. The highest BCUT2D eigenvalue weighted by Crippen LogP contribution is 2.34. The Kier molecular flexibility index (Phi) is 7.20. The Labute approximate surface area is 169 Å². The minimum Gasteiger partial charge on any atom is -0.494 e. The molecule has 146 valence electrons. The maximum absolute atomic E-state index is 6.55. The summed E-state index contributed by atoms with van der Waals surface area (Å²) in [4.78, 5) is 2.66. The molecule has 0 N–H and O–H groups in total. The second-order valence-electron chi connectivity index (χ2n) is 8.00. The molecule has 0 spiro atoms. The molecule has 1 fully saturated rings. The second-order valence-corrected chi connectivity index (χ2v) is 8.41. The average molecular weight is 386 g/mol. The van der Waals surface area contributed by atoms with Crippen molar-refractivity contribution in [2.45, 2.75) is 52.5 Å². The first-order chi connectivity index (χ1) is 13.1. The van der Waals surface area contributed by atoms with Crippen LogP contribution < -0.4 is 4.74 Å². The molecule has 0 saturated carbocycles. The van der Waals surface area contributed by atoms with Crippen molar-refractivity contribution in [2.24, 2.45) is 5.92 Å². The van der Waals surface area contributed by atoms with Gasteiger partial charge in [-0.3, -0.25) is 4.90 Å².